The predicted molar refractivity (Wildman–Crippen MR) is 121 cm³/mol. The molecule has 2 amide bonds. The van der Waals surface area contributed by atoms with Crippen LogP contribution in [0.25, 0.3) is 11.1 Å². The van der Waals surface area contributed by atoms with Crippen LogP contribution in [0.1, 0.15) is 50.2 Å². The van der Waals surface area contributed by atoms with Gasteiger partial charge < -0.3 is 20.5 Å². The van der Waals surface area contributed by atoms with Gasteiger partial charge in [-0.15, -0.1) is 0 Å². The zero-order valence-electron chi connectivity index (χ0n) is 18.5. The molecule has 0 aliphatic heterocycles. The van der Waals surface area contributed by atoms with Gasteiger partial charge in [-0.3, -0.25) is 9.59 Å². The van der Waals surface area contributed by atoms with Crippen LogP contribution in [-0.4, -0.2) is 42.3 Å². The lowest BCUT2D eigenvalue weighted by atomic mass is 9.98. The molecule has 1 atom stereocenters. The van der Waals surface area contributed by atoms with Gasteiger partial charge in [0.05, 0.1) is 6.42 Å². The molecule has 3 N–H and O–H groups in total. The van der Waals surface area contributed by atoms with Gasteiger partial charge >= 0.3 is 12.1 Å². The summed E-state index contributed by atoms with van der Waals surface area (Å²) < 4.78 is 5.47. The molecule has 1 aliphatic rings. The molecule has 3 rings (SSSR count). The summed E-state index contributed by atoms with van der Waals surface area (Å²) in [7, 11) is 0. The van der Waals surface area contributed by atoms with E-state index in [0.717, 1.165) is 11.1 Å². The molecule has 0 aromatic heterocycles. The normalized spacial score (nSPS) is 13.2. The lowest BCUT2D eigenvalue weighted by molar-refractivity contribution is -0.138. The second-order valence-electron chi connectivity index (χ2n) is 8.37. The highest BCUT2D eigenvalue weighted by Gasteiger charge is 2.29. The largest absolute Gasteiger partial charge is 0.481 e. The van der Waals surface area contributed by atoms with E-state index in [-0.39, 0.29) is 37.2 Å². The number of carbonyl (C=O) groups is 3. The zero-order valence-corrected chi connectivity index (χ0v) is 18.5. The lowest BCUT2D eigenvalue weighted by Gasteiger charge is -2.20. The van der Waals surface area contributed by atoms with Crippen LogP contribution in [-0.2, 0) is 14.3 Å². The van der Waals surface area contributed by atoms with Crippen LogP contribution in [0.15, 0.2) is 48.5 Å². The second-order valence-corrected chi connectivity index (χ2v) is 8.37. The molecule has 7 nitrogen and oxygen atoms in total. The highest BCUT2D eigenvalue weighted by molar-refractivity contribution is 5.79. The number of alkyl carbamates (subject to hydrolysis) is 1. The first-order valence-corrected chi connectivity index (χ1v) is 11.0. The van der Waals surface area contributed by atoms with Crippen molar-refractivity contribution >= 4 is 18.0 Å². The van der Waals surface area contributed by atoms with Crippen molar-refractivity contribution in [2.75, 3.05) is 13.2 Å². The summed E-state index contributed by atoms with van der Waals surface area (Å²) in [6.45, 7) is 4.28. The van der Waals surface area contributed by atoms with Gasteiger partial charge in [0.25, 0.3) is 0 Å². The summed E-state index contributed by atoms with van der Waals surface area (Å²) in [5.41, 5.74) is 4.65. The topological polar surface area (TPSA) is 105 Å². The fraction of sp³-hybridized carbons (Fsp3) is 0.400. The molecule has 0 heterocycles. The number of rotatable bonds is 10. The van der Waals surface area contributed by atoms with Crippen LogP contribution >= 0.6 is 0 Å². The van der Waals surface area contributed by atoms with Crippen molar-refractivity contribution in [1.82, 2.24) is 10.6 Å². The zero-order chi connectivity index (χ0) is 23.1. The Morgan fingerprint density at radius 1 is 1.00 bits per heavy atom. The number of fused-ring (bicyclic) bond motifs is 3. The van der Waals surface area contributed by atoms with Crippen molar-refractivity contribution in [1.29, 1.82) is 0 Å². The highest BCUT2D eigenvalue weighted by Crippen LogP contribution is 2.44. The average Bonchev–Trinajstić information content (AvgIpc) is 3.08. The Balaban J connectivity index is 1.42. The molecule has 32 heavy (non-hydrogen) atoms. The van der Waals surface area contributed by atoms with E-state index in [1.54, 1.807) is 0 Å². The van der Waals surface area contributed by atoms with E-state index in [0.29, 0.717) is 13.0 Å². The fourth-order valence-corrected chi connectivity index (χ4v) is 4.01. The molecular formula is C25H30N2O5. The van der Waals surface area contributed by atoms with Gasteiger partial charge in [-0.25, -0.2) is 4.79 Å². The third-order valence-corrected chi connectivity index (χ3v) is 5.74. The molecule has 0 fully saturated rings. The molecule has 170 valence electrons. The summed E-state index contributed by atoms with van der Waals surface area (Å²) in [4.78, 5) is 35.1. The molecule has 0 saturated carbocycles. The number of hydrogen-bond acceptors (Lipinski definition) is 4. The number of ether oxygens (including phenoxy) is 1. The van der Waals surface area contributed by atoms with Crippen LogP contribution < -0.4 is 10.6 Å². The Bertz CT molecular complexity index is 927. The van der Waals surface area contributed by atoms with Crippen LogP contribution in [0, 0.1) is 5.92 Å². The summed E-state index contributed by atoms with van der Waals surface area (Å²) in [5.74, 6) is -1.14. The quantitative estimate of drug-likeness (QED) is 0.488. The van der Waals surface area contributed by atoms with Crippen molar-refractivity contribution in [3.8, 4) is 11.1 Å². The standard InChI is InChI=1S/C25H30N2O5/c1-16(2)22(14-24(29)30)27-23(28)12-7-13-26-25(31)32-15-21-19-10-5-3-8-17(19)18-9-4-6-11-20(18)21/h3-6,8-11,16,21-22H,7,12-15H2,1-2H3,(H,26,31)(H,27,28)(H,29,30)/t22-/m1/s1. The Kier molecular flexibility index (Phi) is 7.87. The van der Waals surface area contributed by atoms with E-state index in [4.69, 9.17) is 9.84 Å². The monoisotopic (exact) mass is 438 g/mol. The van der Waals surface area contributed by atoms with Gasteiger partial charge in [-0.1, -0.05) is 62.4 Å². The van der Waals surface area contributed by atoms with Crippen molar-refractivity contribution in [2.24, 2.45) is 5.92 Å². The van der Waals surface area contributed by atoms with E-state index in [2.05, 4.69) is 34.9 Å². The summed E-state index contributed by atoms with van der Waals surface area (Å²) in [6, 6.07) is 15.9. The van der Waals surface area contributed by atoms with Gasteiger partial charge in [0, 0.05) is 24.9 Å². The van der Waals surface area contributed by atoms with Gasteiger partial charge in [0.15, 0.2) is 0 Å². The first kappa shape index (κ1) is 23.3. The van der Waals surface area contributed by atoms with Crippen molar-refractivity contribution in [3.05, 3.63) is 59.7 Å². The lowest BCUT2D eigenvalue weighted by Crippen LogP contribution is -2.40. The molecule has 7 heteroatoms. The molecule has 0 spiro atoms. The maximum absolute atomic E-state index is 12.2. The Hall–Kier alpha value is -3.35. The van der Waals surface area contributed by atoms with Crippen molar-refractivity contribution in [3.63, 3.8) is 0 Å². The third-order valence-electron chi connectivity index (χ3n) is 5.74. The molecular weight excluding hydrogens is 408 g/mol. The Labute approximate surface area is 188 Å². The molecule has 0 radical (unpaired) electrons. The smallest absolute Gasteiger partial charge is 0.407 e. The SMILES string of the molecule is CC(C)[C@@H](CC(=O)O)NC(=O)CCCNC(=O)OCC1c2ccccc2-c2ccccc21. The number of carbonyl (C=O) groups excluding carboxylic acids is 2. The number of aliphatic carboxylic acids is 1. The molecule has 2 aromatic rings. The first-order chi connectivity index (χ1) is 15.4. The minimum absolute atomic E-state index is 0.00105. The third kappa shape index (κ3) is 5.87. The minimum Gasteiger partial charge on any atom is -0.481 e. The van der Waals surface area contributed by atoms with Crippen LogP contribution in [0.2, 0.25) is 0 Å². The average molecular weight is 439 g/mol. The Morgan fingerprint density at radius 3 is 2.16 bits per heavy atom. The number of benzene rings is 2. The second kappa shape index (κ2) is 10.8. The van der Waals surface area contributed by atoms with E-state index >= 15 is 0 Å². The molecule has 0 bridgehead atoms. The summed E-state index contributed by atoms with van der Waals surface area (Å²) >= 11 is 0. The van der Waals surface area contributed by atoms with Gasteiger partial charge in [-0.2, -0.15) is 0 Å². The van der Waals surface area contributed by atoms with Gasteiger partial charge in [-0.05, 0) is 34.6 Å². The number of carboxylic acids is 1. The van der Waals surface area contributed by atoms with Gasteiger partial charge in [0.2, 0.25) is 5.91 Å². The van der Waals surface area contributed by atoms with Crippen molar-refractivity contribution < 1.29 is 24.2 Å². The van der Waals surface area contributed by atoms with Gasteiger partial charge in [0.1, 0.15) is 6.61 Å². The number of carboxylic acid groups (broad SMARTS) is 1. The number of hydrogen-bond donors (Lipinski definition) is 3. The van der Waals surface area contributed by atoms with E-state index < -0.39 is 18.1 Å². The molecule has 0 unspecified atom stereocenters. The fourth-order valence-electron chi connectivity index (χ4n) is 4.01. The van der Waals surface area contributed by atoms with Crippen LogP contribution in [0.5, 0.6) is 0 Å². The minimum atomic E-state index is -0.944. The maximum Gasteiger partial charge on any atom is 0.407 e. The number of nitrogens with one attached hydrogen (secondary N) is 2. The van der Waals surface area contributed by atoms with Crippen LogP contribution in [0.3, 0.4) is 0 Å². The van der Waals surface area contributed by atoms with E-state index in [1.165, 1.54) is 11.1 Å². The van der Waals surface area contributed by atoms with E-state index in [1.807, 2.05) is 38.1 Å². The summed E-state index contributed by atoms with van der Waals surface area (Å²) in [5, 5.41) is 14.4. The Morgan fingerprint density at radius 2 is 1.59 bits per heavy atom. The predicted octanol–water partition coefficient (Wildman–Crippen LogP) is 3.92. The number of amides is 2. The molecule has 1 aliphatic carbocycles. The molecule has 2 aromatic carbocycles. The van der Waals surface area contributed by atoms with E-state index in [9.17, 15) is 14.4 Å². The van der Waals surface area contributed by atoms with Crippen molar-refractivity contribution in [2.45, 2.75) is 45.1 Å². The van der Waals surface area contributed by atoms with Crippen LogP contribution in [0.4, 0.5) is 4.79 Å². The maximum atomic E-state index is 12.2. The molecule has 0 saturated heterocycles. The summed E-state index contributed by atoms with van der Waals surface area (Å²) in [6.07, 6.45) is 0.0140. The highest BCUT2D eigenvalue weighted by atomic mass is 16.5. The first-order valence-electron chi connectivity index (χ1n) is 11.0.